The highest BCUT2D eigenvalue weighted by Gasteiger charge is 2.22. The van der Waals surface area contributed by atoms with Crippen LogP contribution in [-0.4, -0.2) is 46.2 Å². The molecule has 14 heteroatoms. The first-order chi connectivity index (χ1) is 21.8. The van der Waals surface area contributed by atoms with Crippen molar-refractivity contribution in [1.82, 2.24) is 40.5 Å². The molecule has 0 saturated carbocycles. The van der Waals surface area contributed by atoms with Gasteiger partial charge >= 0.3 is 0 Å². The lowest BCUT2D eigenvalue weighted by Crippen LogP contribution is -2.29. The van der Waals surface area contributed by atoms with E-state index in [-0.39, 0.29) is 10.5 Å². The van der Waals surface area contributed by atoms with Crippen LogP contribution >= 0.6 is 23.2 Å². The number of rotatable bonds is 8. The quantitative estimate of drug-likeness (QED) is 0.170. The number of carbonyl (C=O) groups is 1. The van der Waals surface area contributed by atoms with E-state index in [9.17, 15) is 20.0 Å². The summed E-state index contributed by atoms with van der Waals surface area (Å²) in [5.74, 6) is -0.452. The van der Waals surface area contributed by atoms with E-state index >= 15 is 0 Å². The molecule has 6 aromatic rings. The molecule has 0 fully saturated rings. The van der Waals surface area contributed by atoms with Crippen LogP contribution in [0.3, 0.4) is 0 Å². The van der Waals surface area contributed by atoms with Gasteiger partial charge in [-0.2, -0.15) is 9.94 Å². The Balaban J connectivity index is 1.32. The molecule has 0 bridgehead atoms. The maximum Gasteiger partial charge on any atom is 0.270 e. The van der Waals surface area contributed by atoms with Gasteiger partial charge in [0, 0.05) is 27.6 Å². The molecule has 12 nitrogen and oxygen atoms in total. The molecule has 6 rings (SSSR count). The van der Waals surface area contributed by atoms with Gasteiger partial charge in [0.05, 0.1) is 17.2 Å². The van der Waals surface area contributed by atoms with Crippen molar-refractivity contribution in [3.8, 4) is 28.8 Å². The number of nitrogens with one attached hydrogen (secondary N) is 3. The van der Waals surface area contributed by atoms with Gasteiger partial charge in [0.25, 0.3) is 5.56 Å². The standard InChI is InChI=1S/C31H21Cl2N9O3/c32-20-8-10-25(42-16-35-40-41-42)18(13-20)7-11-26(43)36-24(12-17-4-2-1-3-5-17)30-38-27(29(33)39-30)19-6-9-23-21(14-19)28(44)22(15-34)31(45)37-23/h1-11,13-14,16,24H,12H2,(H,36,43)(H,38,39)(H2,37,44,45). The molecule has 3 heterocycles. The zero-order valence-corrected chi connectivity index (χ0v) is 24.6. The fourth-order valence-electron chi connectivity index (χ4n) is 4.84. The number of benzene rings is 3. The molecule has 3 aromatic heterocycles. The Labute approximate surface area is 264 Å². The molecular formula is C31H21Cl2N9O3. The van der Waals surface area contributed by atoms with E-state index in [4.69, 9.17) is 28.2 Å². The van der Waals surface area contributed by atoms with Gasteiger partial charge in [-0.05, 0) is 58.8 Å². The number of imidazole rings is 1. The topological polar surface area (TPSA) is 178 Å². The number of tetrazole rings is 1. The number of hydrogen-bond donors (Lipinski definition) is 4. The number of nitriles is 1. The van der Waals surface area contributed by atoms with Gasteiger partial charge in [-0.1, -0.05) is 59.6 Å². The number of aromatic nitrogens is 7. The summed E-state index contributed by atoms with van der Waals surface area (Å²) in [7, 11) is 0. The van der Waals surface area contributed by atoms with Crippen molar-refractivity contribution < 1.29 is 9.90 Å². The van der Waals surface area contributed by atoms with Crippen LogP contribution in [0.5, 0.6) is 5.75 Å². The Kier molecular flexibility index (Phi) is 8.11. The van der Waals surface area contributed by atoms with Crippen molar-refractivity contribution in [1.29, 1.82) is 5.26 Å². The second-order valence-electron chi connectivity index (χ2n) is 9.88. The first-order valence-corrected chi connectivity index (χ1v) is 14.2. The van der Waals surface area contributed by atoms with Crippen LogP contribution in [-0.2, 0) is 11.2 Å². The number of fused-ring (bicyclic) bond motifs is 1. The van der Waals surface area contributed by atoms with Crippen molar-refractivity contribution in [2.45, 2.75) is 12.5 Å². The Morgan fingerprint density at radius 2 is 1.93 bits per heavy atom. The largest absolute Gasteiger partial charge is 0.506 e. The normalized spacial score (nSPS) is 11.9. The molecule has 1 unspecified atom stereocenters. The SMILES string of the molecule is N#Cc1c(O)c2cc(-c3nc(C(Cc4ccccc4)NC(=O)C=Cc4cc(Cl)ccc4-n4cnnn4)[nH]c3Cl)ccc2[nH]c1=O. The lowest BCUT2D eigenvalue weighted by Gasteiger charge is -2.16. The molecule has 222 valence electrons. The summed E-state index contributed by atoms with van der Waals surface area (Å²) in [5.41, 5.74) is 2.32. The molecule has 0 aliphatic carbocycles. The Bertz CT molecular complexity index is 2170. The number of halogens is 2. The van der Waals surface area contributed by atoms with Gasteiger partial charge in [0.15, 0.2) is 5.56 Å². The maximum absolute atomic E-state index is 13.3. The molecular weight excluding hydrogens is 617 g/mol. The van der Waals surface area contributed by atoms with E-state index in [2.05, 4.69) is 30.8 Å². The van der Waals surface area contributed by atoms with Crippen LogP contribution in [0.25, 0.3) is 33.9 Å². The van der Waals surface area contributed by atoms with E-state index in [1.807, 2.05) is 30.3 Å². The molecule has 1 atom stereocenters. The summed E-state index contributed by atoms with van der Waals surface area (Å²) >= 11 is 12.8. The molecule has 3 aromatic carbocycles. The molecule has 0 aliphatic rings. The highest BCUT2D eigenvalue weighted by atomic mass is 35.5. The lowest BCUT2D eigenvalue weighted by atomic mass is 10.0. The number of amides is 1. The number of hydrogen-bond acceptors (Lipinski definition) is 8. The zero-order chi connectivity index (χ0) is 31.5. The average Bonchev–Trinajstić information content (AvgIpc) is 3.71. The van der Waals surface area contributed by atoms with Crippen molar-refractivity contribution in [2.75, 3.05) is 0 Å². The number of carbonyl (C=O) groups excluding carboxylic acids is 1. The van der Waals surface area contributed by atoms with Crippen LogP contribution in [0.1, 0.15) is 28.6 Å². The fraction of sp³-hybridized carbons (Fsp3) is 0.0645. The Hall–Kier alpha value is -5.77. The van der Waals surface area contributed by atoms with Crippen molar-refractivity contribution in [3.63, 3.8) is 0 Å². The highest BCUT2D eigenvalue weighted by molar-refractivity contribution is 6.32. The molecule has 0 saturated heterocycles. The molecule has 1 amide bonds. The predicted octanol–water partition coefficient (Wildman–Crippen LogP) is 4.89. The van der Waals surface area contributed by atoms with Crippen molar-refractivity contribution in [3.05, 3.63) is 122 Å². The number of pyridine rings is 1. The van der Waals surface area contributed by atoms with Gasteiger partial charge in [0.1, 0.15) is 34.8 Å². The van der Waals surface area contributed by atoms with Crippen LogP contribution in [0, 0.1) is 11.3 Å². The van der Waals surface area contributed by atoms with E-state index in [1.54, 1.807) is 48.5 Å². The van der Waals surface area contributed by atoms with Crippen molar-refractivity contribution in [2.24, 2.45) is 0 Å². The summed E-state index contributed by atoms with van der Waals surface area (Å²) < 4.78 is 1.46. The number of nitrogens with zero attached hydrogens (tertiary/aromatic N) is 6. The van der Waals surface area contributed by atoms with E-state index in [0.29, 0.717) is 45.3 Å². The number of aromatic hydroxyl groups is 1. The molecule has 45 heavy (non-hydrogen) atoms. The summed E-state index contributed by atoms with van der Waals surface area (Å²) in [6, 6.07) is 20.6. The fourth-order valence-corrected chi connectivity index (χ4v) is 5.27. The predicted molar refractivity (Wildman–Crippen MR) is 168 cm³/mol. The zero-order valence-electron chi connectivity index (χ0n) is 23.1. The first kappa shape index (κ1) is 29.3. The summed E-state index contributed by atoms with van der Waals surface area (Å²) in [6.07, 6.45) is 4.82. The first-order valence-electron chi connectivity index (χ1n) is 13.4. The summed E-state index contributed by atoms with van der Waals surface area (Å²) in [5, 5.41) is 35.0. The summed E-state index contributed by atoms with van der Waals surface area (Å²) in [4.78, 5) is 35.7. The Morgan fingerprint density at radius 1 is 1.11 bits per heavy atom. The van der Waals surface area contributed by atoms with Gasteiger partial charge < -0.3 is 20.4 Å². The molecule has 0 radical (unpaired) electrons. The third kappa shape index (κ3) is 6.16. The second-order valence-corrected chi connectivity index (χ2v) is 10.7. The number of aromatic amines is 2. The molecule has 0 aliphatic heterocycles. The van der Waals surface area contributed by atoms with Gasteiger partial charge in [0.2, 0.25) is 5.91 Å². The van der Waals surface area contributed by atoms with E-state index in [0.717, 1.165) is 5.56 Å². The van der Waals surface area contributed by atoms with Gasteiger partial charge in [-0.15, -0.1) is 5.10 Å². The lowest BCUT2D eigenvalue weighted by molar-refractivity contribution is -0.117. The Morgan fingerprint density at radius 3 is 2.69 bits per heavy atom. The van der Waals surface area contributed by atoms with Gasteiger partial charge in [-0.25, -0.2) is 4.98 Å². The van der Waals surface area contributed by atoms with Crippen LogP contribution in [0.2, 0.25) is 10.2 Å². The number of H-pyrrole nitrogens is 2. The summed E-state index contributed by atoms with van der Waals surface area (Å²) in [6.45, 7) is 0. The second kappa shape index (κ2) is 12.5. The monoisotopic (exact) mass is 637 g/mol. The minimum atomic E-state index is -0.689. The van der Waals surface area contributed by atoms with Crippen molar-refractivity contribution >= 4 is 46.1 Å². The van der Waals surface area contributed by atoms with Crippen LogP contribution in [0.15, 0.2) is 83.9 Å². The van der Waals surface area contributed by atoms with Gasteiger partial charge in [-0.3, -0.25) is 9.59 Å². The maximum atomic E-state index is 13.3. The molecule has 0 spiro atoms. The average molecular weight is 638 g/mol. The van der Waals surface area contributed by atoms with Crippen LogP contribution < -0.4 is 10.9 Å². The minimum Gasteiger partial charge on any atom is -0.506 e. The highest BCUT2D eigenvalue weighted by Crippen LogP contribution is 2.33. The van der Waals surface area contributed by atoms with E-state index < -0.39 is 28.8 Å². The van der Waals surface area contributed by atoms with E-state index in [1.165, 1.54) is 17.1 Å². The minimum absolute atomic E-state index is 0.196. The molecule has 4 N–H and O–H groups in total. The third-order valence-corrected chi connectivity index (χ3v) is 7.49. The smallest absolute Gasteiger partial charge is 0.270 e. The third-order valence-electron chi connectivity index (χ3n) is 6.98. The van der Waals surface area contributed by atoms with Crippen LogP contribution in [0.4, 0.5) is 0 Å².